The minimum atomic E-state index is -0.00549. The van der Waals surface area contributed by atoms with Gasteiger partial charge in [-0.2, -0.15) is 0 Å². The first kappa shape index (κ1) is 21.3. The first-order valence-electron chi connectivity index (χ1n) is 10.8. The maximum Gasteiger partial charge on any atom is 0.227 e. The summed E-state index contributed by atoms with van der Waals surface area (Å²) in [7, 11) is 3.28. The molecule has 0 bridgehead atoms. The van der Waals surface area contributed by atoms with E-state index < -0.39 is 0 Å². The molecule has 1 aliphatic rings. The summed E-state index contributed by atoms with van der Waals surface area (Å²) in [6, 6.07) is 15.2. The molecule has 1 N–H and O–H groups in total. The van der Waals surface area contributed by atoms with Crippen LogP contribution in [-0.4, -0.2) is 47.8 Å². The number of anilines is 2. The van der Waals surface area contributed by atoms with Crippen LogP contribution in [0.3, 0.4) is 0 Å². The van der Waals surface area contributed by atoms with Crippen LogP contribution in [0.1, 0.15) is 12.8 Å². The van der Waals surface area contributed by atoms with E-state index in [1.54, 1.807) is 25.6 Å². The molecule has 1 aliphatic heterocycles. The van der Waals surface area contributed by atoms with Gasteiger partial charge in [0.15, 0.2) is 0 Å². The number of amides is 1. The smallest absolute Gasteiger partial charge is 0.227 e. The quantitative estimate of drug-likeness (QED) is 0.458. The van der Waals surface area contributed by atoms with Crippen molar-refractivity contribution in [2.75, 3.05) is 37.5 Å². The second kappa shape index (κ2) is 9.11. The lowest BCUT2D eigenvalue weighted by Gasteiger charge is -2.30. The summed E-state index contributed by atoms with van der Waals surface area (Å²) in [5, 5.41) is 8.69. The number of fused-ring (bicyclic) bond motifs is 1. The van der Waals surface area contributed by atoms with Crippen molar-refractivity contribution >= 4 is 33.0 Å². The summed E-state index contributed by atoms with van der Waals surface area (Å²) in [4.78, 5) is 20.5. The number of aromatic nitrogens is 3. The maximum atomic E-state index is 12.7. The highest BCUT2D eigenvalue weighted by Crippen LogP contribution is 2.30. The molecular formula is C24H25N5O3S. The number of piperidine rings is 1. The van der Waals surface area contributed by atoms with Crippen molar-refractivity contribution < 1.29 is 14.3 Å². The fourth-order valence-corrected chi connectivity index (χ4v) is 4.90. The molecule has 170 valence electrons. The Kier molecular flexibility index (Phi) is 5.87. The van der Waals surface area contributed by atoms with Crippen molar-refractivity contribution in [3.63, 3.8) is 0 Å². The summed E-state index contributed by atoms with van der Waals surface area (Å²) < 4.78 is 12.2. The van der Waals surface area contributed by atoms with Gasteiger partial charge >= 0.3 is 0 Å². The zero-order valence-corrected chi connectivity index (χ0v) is 19.3. The van der Waals surface area contributed by atoms with Gasteiger partial charge in [0.05, 0.1) is 26.1 Å². The van der Waals surface area contributed by atoms with Crippen molar-refractivity contribution in [1.82, 2.24) is 14.6 Å². The lowest BCUT2D eigenvalue weighted by Crippen LogP contribution is -2.38. The lowest BCUT2D eigenvalue weighted by molar-refractivity contribution is -0.120. The Morgan fingerprint density at radius 3 is 2.24 bits per heavy atom. The van der Waals surface area contributed by atoms with Crippen molar-refractivity contribution in [2.45, 2.75) is 12.8 Å². The molecule has 2 aromatic heterocycles. The molecule has 33 heavy (non-hydrogen) atoms. The Labute approximate surface area is 195 Å². The molecule has 5 rings (SSSR count). The van der Waals surface area contributed by atoms with Crippen LogP contribution in [0.25, 0.3) is 16.2 Å². The minimum absolute atomic E-state index is 0.00549. The number of ether oxygens (including phenoxy) is 2. The second-order valence-electron chi connectivity index (χ2n) is 7.95. The molecule has 1 amide bonds. The van der Waals surface area contributed by atoms with Gasteiger partial charge in [0.2, 0.25) is 16.0 Å². The zero-order chi connectivity index (χ0) is 22.8. The predicted octanol–water partition coefficient (Wildman–Crippen LogP) is 4.33. The van der Waals surface area contributed by atoms with E-state index in [0.29, 0.717) is 0 Å². The molecule has 0 unspecified atom stereocenters. The summed E-state index contributed by atoms with van der Waals surface area (Å²) in [6.07, 6.45) is 3.54. The van der Waals surface area contributed by atoms with Crippen LogP contribution in [-0.2, 0) is 4.79 Å². The monoisotopic (exact) mass is 463 g/mol. The Morgan fingerprint density at radius 1 is 1.00 bits per heavy atom. The number of carbonyl (C=O) groups is 1. The number of imidazole rings is 1. The van der Waals surface area contributed by atoms with Gasteiger partial charge in [-0.25, -0.2) is 9.50 Å². The van der Waals surface area contributed by atoms with E-state index >= 15 is 0 Å². The van der Waals surface area contributed by atoms with Crippen molar-refractivity contribution in [3.8, 4) is 22.8 Å². The molecule has 0 atom stereocenters. The maximum absolute atomic E-state index is 12.7. The number of benzene rings is 2. The first-order chi connectivity index (χ1) is 16.1. The molecule has 8 nitrogen and oxygen atoms in total. The molecular weight excluding hydrogens is 438 g/mol. The average Bonchev–Trinajstić information content (AvgIpc) is 3.44. The fraction of sp³-hybridized carbons (Fsp3) is 0.292. The van der Waals surface area contributed by atoms with E-state index in [4.69, 9.17) is 19.6 Å². The van der Waals surface area contributed by atoms with E-state index in [-0.39, 0.29) is 11.8 Å². The number of hydrogen-bond acceptors (Lipinski definition) is 7. The Morgan fingerprint density at radius 2 is 1.64 bits per heavy atom. The molecule has 2 aromatic carbocycles. The van der Waals surface area contributed by atoms with Gasteiger partial charge in [-0.1, -0.05) is 11.3 Å². The number of rotatable bonds is 6. The highest BCUT2D eigenvalue weighted by molar-refractivity contribution is 7.20. The van der Waals surface area contributed by atoms with E-state index in [1.165, 1.54) is 0 Å². The second-order valence-corrected chi connectivity index (χ2v) is 8.88. The van der Waals surface area contributed by atoms with E-state index in [2.05, 4.69) is 10.2 Å². The minimum Gasteiger partial charge on any atom is -0.497 e. The normalized spacial score (nSPS) is 14.4. The zero-order valence-electron chi connectivity index (χ0n) is 18.5. The van der Waals surface area contributed by atoms with E-state index in [0.717, 1.165) is 64.5 Å². The standard InChI is InChI=1S/C24H25N5O3S/c1-31-19-7-3-16(4-8-19)21-15-29-23(26-21)33-24(27-29)28-13-11-17(12-14-28)22(30)25-18-5-9-20(32-2)10-6-18/h3-10,15,17H,11-14H2,1-2H3,(H,25,30). The van der Waals surface area contributed by atoms with Gasteiger partial charge < -0.3 is 19.7 Å². The Bertz CT molecular complexity index is 1210. The van der Waals surface area contributed by atoms with Crippen molar-refractivity contribution in [3.05, 3.63) is 54.7 Å². The van der Waals surface area contributed by atoms with Crippen molar-refractivity contribution in [2.24, 2.45) is 5.92 Å². The third kappa shape index (κ3) is 4.49. The topological polar surface area (TPSA) is 81.0 Å². The van der Waals surface area contributed by atoms with Gasteiger partial charge in [0.1, 0.15) is 11.5 Å². The number of carbonyl (C=O) groups excluding carboxylic acids is 1. The average molecular weight is 464 g/mol. The summed E-state index contributed by atoms with van der Waals surface area (Å²) in [5.74, 6) is 1.65. The van der Waals surface area contributed by atoms with Crippen LogP contribution in [0.2, 0.25) is 0 Å². The number of nitrogens with one attached hydrogen (secondary N) is 1. The van der Waals surface area contributed by atoms with Crippen LogP contribution in [0.15, 0.2) is 54.7 Å². The van der Waals surface area contributed by atoms with Crippen LogP contribution >= 0.6 is 11.3 Å². The highest BCUT2D eigenvalue weighted by atomic mass is 32.1. The number of methoxy groups -OCH3 is 2. The first-order valence-corrected chi connectivity index (χ1v) is 11.6. The van der Waals surface area contributed by atoms with Gasteiger partial charge in [-0.15, -0.1) is 5.10 Å². The molecule has 3 heterocycles. The van der Waals surface area contributed by atoms with Gasteiger partial charge in [0, 0.05) is 30.3 Å². The van der Waals surface area contributed by atoms with E-state index in [9.17, 15) is 4.79 Å². The number of hydrogen-bond donors (Lipinski definition) is 1. The Hall–Kier alpha value is -3.59. The van der Waals surface area contributed by atoms with Gasteiger partial charge in [0.25, 0.3) is 0 Å². The van der Waals surface area contributed by atoms with Crippen LogP contribution in [0, 0.1) is 5.92 Å². The molecule has 9 heteroatoms. The van der Waals surface area contributed by atoms with Gasteiger partial charge in [-0.3, -0.25) is 4.79 Å². The predicted molar refractivity (Wildman–Crippen MR) is 129 cm³/mol. The fourth-order valence-electron chi connectivity index (χ4n) is 3.97. The molecule has 4 aromatic rings. The molecule has 0 aliphatic carbocycles. The largest absolute Gasteiger partial charge is 0.497 e. The summed E-state index contributed by atoms with van der Waals surface area (Å²) in [6.45, 7) is 1.59. The summed E-state index contributed by atoms with van der Waals surface area (Å²) in [5.41, 5.74) is 2.70. The molecule has 0 spiro atoms. The van der Waals surface area contributed by atoms with E-state index in [1.807, 2.05) is 59.2 Å². The highest BCUT2D eigenvalue weighted by Gasteiger charge is 2.27. The molecule has 0 saturated carbocycles. The molecule has 1 saturated heterocycles. The van der Waals surface area contributed by atoms with Crippen LogP contribution in [0.4, 0.5) is 10.8 Å². The molecule has 0 radical (unpaired) electrons. The molecule has 1 fully saturated rings. The van der Waals surface area contributed by atoms with Crippen molar-refractivity contribution in [1.29, 1.82) is 0 Å². The van der Waals surface area contributed by atoms with Gasteiger partial charge in [-0.05, 0) is 61.4 Å². The lowest BCUT2D eigenvalue weighted by atomic mass is 9.96. The Balaban J connectivity index is 1.20. The van der Waals surface area contributed by atoms with Crippen LogP contribution in [0.5, 0.6) is 11.5 Å². The van der Waals surface area contributed by atoms with Crippen LogP contribution < -0.4 is 19.7 Å². The third-order valence-electron chi connectivity index (χ3n) is 5.91. The SMILES string of the molecule is COc1ccc(NC(=O)C2CCN(c3nn4cc(-c5ccc(OC)cc5)nc4s3)CC2)cc1. The number of nitrogens with zero attached hydrogens (tertiary/aromatic N) is 4. The third-order valence-corrected chi connectivity index (χ3v) is 6.90. The summed E-state index contributed by atoms with van der Waals surface area (Å²) >= 11 is 1.57.